The zero-order chi connectivity index (χ0) is 26.7. The van der Waals surface area contributed by atoms with Crippen LogP contribution in [0.5, 0.6) is 0 Å². The molecule has 2 amide bonds. The van der Waals surface area contributed by atoms with Gasteiger partial charge in [0.15, 0.2) is 11.6 Å². The maximum absolute atomic E-state index is 13.2. The summed E-state index contributed by atoms with van der Waals surface area (Å²) < 4.78 is 16.6. The van der Waals surface area contributed by atoms with Crippen molar-refractivity contribution in [1.82, 2.24) is 9.78 Å². The molecule has 0 aliphatic carbocycles. The number of amides is 2. The van der Waals surface area contributed by atoms with E-state index in [0.717, 1.165) is 16.0 Å². The molecule has 0 fully saturated rings. The number of fused-ring (bicyclic) bond motifs is 1. The Kier molecular flexibility index (Phi) is 7.11. The van der Waals surface area contributed by atoms with Crippen LogP contribution in [0.2, 0.25) is 0 Å². The van der Waals surface area contributed by atoms with E-state index in [1.54, 1.807) is 52.0 Å². The molecule has 3 aromatic heterocycles. The van der Waals surface area contributed by atoms with Crippen LogP contribution in [0, 0.1) is 0 Å². The number of para-hydroxylation sites is 1. The highest BCUT2D eigenvalue weighted by Gasteiger charge is 2.26. The first-order chi connectivity index (χ1) is 17.6. The summed E-state index contributed by atoms with van der Waals surface area (Å²) in [6, 6.07) is 10.9. The molecule has 192 valence electrons. The van der Waals surface area contributed by atoms with E-state index in [4.69, 9.17) is 13.9 Å². The highest BCUT2D eigenvalue weighted by atomic mass is 32.1. The smallest absolute Gasteiger partial charge is 0.436 e. The molecule has 3 heterocycles. The molecule has 0 spiro atoms. The lowest BCUT2D eigenvalue weighted by Gasteiger charge is -2.18. The van der Waals surface area contributed by atoms with E-state index >= 15 is 0 Å². The van der Waals surface area contributed by atoms with E-state index in [2.05, 4.69) is 15.7 Å². The van der Waals surface area contributed by atoms with Gasteiger partial charge in [-0.05, 0) is 58.0 Å². The molecule has 11 nitrogen and oxygen atoms in total. The number of anilines is 2. The second-order valence-corrected chi connectivity index (χ2v) is 9.75. The summed E-state index contributed by atoms with van der Waals surface area (Å²) in [4.78, 5) is 51.4. The maximum Gasteiger partial charge on any atom is 0.436 e. The van der Waals surface area contributed by atoms with Gasteiger partial charge in [0, 0.05) is 0 Å². The predicted octanol–water partition coefficient (Wildman–Crippen LogP) is 5.16. The summed E-state index contributed by atoms with van der Waals surface area (Å²) in [5.41, 5.74) is -0.340. The van der Waals surface area contributed by atoms with E-state index in [0.29, 0.717) is 10.2 Å². The fourth-order valence-electron chi connectivity index (χ4n) is 3.29. The molecular formula is C25H24N4O7S. The zero-order valence-corrected chi connectivity index (χ0v) is 21.3. The third-order valence-corrected chi connectivity index (χ3v) is 5.89. The van der Waals surface area contributed by atoms with Crippen LogP contribution in [-0.4, -0.2) is 45.9 Å². The van der Waals surface area contributed by atoms with Crippen LogP contribution in [0.25, 0.3) is 10.2 Å². The van der Waals surface area contributed by atoms with Gasteiger partial charge in [0.25, 0.3) is 11.8 Å². The molecule has 0 radical (unpaired) electrons. The number of hydrogen-bond acceptors (Lipinski definition) is 9. The van der Waals surface area contributed by atoms with Crippen molar-refractivity contribution in [3.05, 3.63) is 64.9 Å². The van der Waals surface area contributed by atoms with Gasteiger partial charge >= 0.3 is 12.1 Å². The van der Waals surface area contributed by atoms with Crippen molar-refractivity contribution in [1.29, 1.82) is 0 Å². The summed E-state index contributed by atoms with van der Waals surface area (Å²) in [6.45, 7) is 6.98. The van der Waals surface area contributed by atoms with Crippen LogP contribution in [0.15, 0.2) is 53.1 Å². The topological polar surface area (TPSA) is 142 Å². The minimum Gasteiger partial charge on any atom is -0.459 e. The number of carbonyl (C=O) groups excluding carboxylic acids is 4. The van der Waals surface area contributed by atoms with Gasteiger partial charge < -0.3 is 24.5 Å². The number of carbonyl (C=O) groups is 4. The van der Waals surface area contributed by atoms with Crippen molar-refractivity contribution in [2.24, 2.45) is 0 Å². The van der Waals surface area contributed by atoms with Crippen LogP contribution in [-0.2, 0) is 9.47 Å². The lowest BCUT2D eigenvalue weighted by atomic mass is 10.1. The number of thiophene rings is 1. The fraction of sp³-hybridized carbons (Fsp3) is 0.240. The van der Waals surface area contributed by atoms with Gasteiger partial charge in [-0.1, -0.05) is 12.1 Å². The molecular weight excluding hydrogens is 500 g/mol. The third kappa shape index (κ3) is 5.70. The minimum atomic E-state index is -0.767. The Hall–Kier alpha value is -4.45. The summed E-state index contributed by atoms with van der Waals surface area (Å²) in [6.07, 6.45) is 0.599. The molecule has 0 bridgehead atoms. The molecule has 0 aliphatic rings. The van der Waals surface area contributed by atoms with Crippen LogP contribution in [0.3, 0.4) is 0 Å². The molecule has 0 aliphatic heterocycles. The standard InChI is InChI=1S/C25H24N4O7S/c1-5-34-24(33)29-22-15(13-18(37-22)23(32)36-25(2,3)4)19(28-29)27-20(30)14-9-6-7-10-16(14)26-21(31)17-11-8-12-35-17/h6-13H,5H2,1-4H3,(H,26,31)(H,27,28,30). The predicted molar refractivity (Wildman–Crippen MR) is 136 cm³/mol. The molecule has 0 atom stereocenters. The summed E-state index contributed by atoms with van der Waals surface area (Å²) in [5.74, 6) is -1.59. The fourth-order valence-corrected chi connectivity index (χ4v) is 4.27. The van der Waals surface area contributed by atoms with Gasteiger partial charge in [-0.25, -0.2) is 9.59 Å². The lowest BCUT2D eigenvalue weighted by Crippen LogP contribution is -2.23. The number of hydrogen-bond donors (Lipinski definition) is 2. The second kappa shape index (κ2) is 10.3. The largest absolute Gasteiger partial charge is 0.459 e. The van der Waals surface area contributed by atoms with E-state index in [1.807, 2.05) is 0 Å². The average molecular weight is 525 g/mol. The molecule has 12 heteroatoms. The van der Waals surface area contributed by atoms with Gasteiger partial charge in [0.2, 0.25) is 0 Å². The highest BCUT2D eigenvalue weighted by Crippen LogP contribution is 2.33. The molecule has 2 N–H and O–H groups in total. The number of nitrogens with one attached hydrogen (secondary N) is 2. The van der Waals surface area contributed by atoms with E-state index in [9.17, 15) is 19.2 Å². The molecule has 0 unspecified atom stereocenters. The number of furan rings is 1. The quantitative estimate of drug-likeness (QED) is 0.330. The van der Waals surface area contributed by atoms with Gasteiger partial charge in [-0.3, -0.25) is 9.59 Å². The monoisotopic (exact) mass is 524 g/mol. The normalized spacial score (nSPS) is 11.2. The van der Waals surface area contributed by atoms with Crippen molar-refractivity contribution in [3.8, 4) is 0 Å². The minimum absolute atomic E-state index is 0.0336. The Labute approximate surface area is 215 Å². The molecule has 4 rings (SSSR count). The summed E-state index contributed by atoms with van der Waals surface area (Å²) in [5, 5.41) is 9.87. The number of ether oxygens (including phenoxy) is 2. The number of aromatic nitrogens is 2. The summed E-state index contributed by atoms with van der Waals surface area (Å²) in [7, 11) is 0. The van der Waals surface area contributed by atoms with Crippen LogP contribution < -0.4 is 10.6 Å². The average Bonchev–Trinajstić information content (AvgIpc) is 3.57. The first-order valence-electron chi connectivity index (χ1n) is 11.3. The lowest BCUT2D eigenvalue weighted by molar-refractivity contribution is 0.00750. The number of rotatable bonds is 6. The van der Waals surface area contributed by atoms with Crippen molar-refractivity contribution in [2.75, 3.05) is 17.2 Å². The number of nitrogens with zero attached hydrogens (tertiary/aromatic N) is 2. The summed E-state index contributed by atoms with van der Waals surface area (Å²) >= 11 is 0.987. The second-order valence-electron chi connectivity index (χ2n) is 8.72. The first kappa shape index (κ1) is 25.6. The van der Waals surface area contributed by atoms with Crippen LogP contribution in [0.4, 0.5) is 16.3 Å². The Bertz CT molecular complexity index is 1480. The number of benzene rings is 1. The molecule has 0 saturated heterocycles. The van der Waals surface area contributed by atoms with Gasteiger partial charge in [0.05, 0.1) is 29.5 Å². The van der Waals surface area contributed by atoms with Gasteiger partial charge in [-0.2, -0.15) is 4.68 Å². The van der Waals surface area contributed by atoms with Crippen LogP contribution >= 0.6 is 11.3 Å². The Morgan fingerprint density at radius 2 is 1.81 bits per heavy atom. The van der Waals surface area contributed by atoms with E-state index in [1.165, 1.54) is 24.5 Å². The van der Waals surface area contributed by atoms with E-state index in [-0.39, 0.29) is 34.3 Å². The van der Waals surface area contributed by atoms with Crippen molar-refractivity contribution >= 4 is 56.9 Å². The first-order valence-corrected chi connectivity index (χ1v) is 12.1. The van der Waals surface area contributed by atoms with Crippen molar-refractivity contribution in [2.45, 2.75) is 33.3 Å². The van der Waals surface area contributed by atoms with E-state index < -0.39 is 29.5 Å². The molecule has 4 aromatic rings. The van der Waals surface area contributed by atoms with Crippen LogP contribution in [0.1, 0.15) is 58.3 Å². The Morgan fingerprint density at radius 3 is 2.49 bits per heavy atom. The maximum atomic E-state index is 13.2. The molecule has 37 heavy (non-hydrogen) atoms. The molecule has 1 aromatic carbocycles. The third-order valence-electron chi connectivity index (χ3n) is 4.80. The SMILES string of the molecule is CCOC(=O)n1nc(NC(=O)c2ccccc2NC(=O)c2ccco2)c2cc(C(=O)OC(C)(C)C)sc21. The van der Waals surface area contributed by atoms with Crippen molar-refractivity contribution in [3.63, 3.8) is 0 Å². The van der Waals surface area contributed by atoms with Crippen molar-refractivity contribution < 1.29 is 33.1 Å². The molecule has 0 saturated carbocycles. The van der Waals surface area contributed by atoms with Gasteiger partial charge in [0.1, 0.15) is 15.3 Å². The Morgan fingerprint density at radius 1 is 1.05 bits per heavy atom. The van der Waals surface area contributed by atoms with Gasteiger partial charge in [-0.15, -0.1) is 16.4 Å². The zero-order valence-electron chi connectivity index (χ0n) is 20.5. The Balaban J connectivity index is 1.67. The number of esters is 1. The highest BCUT2D eigenvalue weighted by molar-refractivity contribution is 7.20.